The normalized spacial score (nSPS) is 19.7. The van der Waals surface area contributed by atoms with Gasteiger partial charge in [0.25, 0.3) is 0 Å². The number of amides is 2. The van der Waals surface area contributed by atoms with E-state index in [2.05, 4.69) is 16.0 Å². The summed E-state index contributed by atoms with van der Waals surface area (Å²) in [6, 6.07) is 0. The third-order valence-corrected chi connectivity index (χ3v) is 2.44. The molecule has 17 heavy (non-hydrogen) atoms. The molecule has 1 fully saturated rings. The van der Waals surface area contributed by atoms with E-state index in [1.54, 1.807) is 0 Å². The highest BCUT2D eigenvalue weighted by Crippen LogP contribution is 1.95. The number of carbonyl (C=O) groups is 2. The van der Waals surface area contributed by atoms with Gasteiger partial charge in [-0.05, 0) is 6.42 Å². The molecule has 0 aromatic heterocycles. The second-order valence-electron chi connectivity index (χ2n) is 3.95. The first-order valence-corrected chi connectivity index (χ1v) is 6.10. The van der Waals surface area contributed by atoms with Gasteiger partial charge >= 0.3 is 0 Å². The molecule has 1 rings (SSSR count). The number of hydrogen-bond acceptors (Lipinski definition) is 4. The van der Waals surface area contributed by atoms with Crippen LogP contribution >= 0.6 is 0 Å². The predicted molar refractivity (Wildman–Crippen MR) is 63.5 cm³/mol. The second-order valence-corrected chi connectivity index (χ2v) is 3.95. The zero-order valence-corrected chi connectivity index (χ0v) is 10.3. The minimum absolute atomic E-state index is 0.0326. The molecule has 0 aromatic rings. The maximum atomic E-state index is 11.6. The third-order valence-electron chi connectivity index (χ3n) is 2.44. The first kappa shape index (κ1) is 13.9. The molecule has 1 aliphatic heterocycles. The smallest absolute Gasteiger partial charge is 0.250 e. The molecule has 1 heterocycles. The van der Waals surface area contributed by atoms with Crippen molar-refractivity contribution in [2.24, 2.45) is 0 Å². The number of ether oxygens (including phenoxy) is 1. The number of morpholine rings is 1. The molecule has 1 unspecified atom stereocenters. The molecule has 0 aliphatic carbocycles. The minimum atomic E-state index is -0.428. The van der Waals surface area contributed by atoms with Crippen molar-refractivity contribution in [3.05, 3.63) is 0 Å². The van der Waals surface area contributed by atoms with Gasteiger partial charge in [0.15, 0.2) is 0 Å². The van der Waals surface area contributed by atoms with Gasteiger partial charge in [-0.3, -0.25) is 9.59 Å². The van der Waals surface area contributed by atoms with Crippen LogP contribution in [0, 0.1) is 0 Å². The van der Waals surface area contributed by atoms with Crippen LogP contribution in [0.2, 0.25) is 0 Å². The third kappa shape index (κ3) is 5.65. The molecule has 6 nitrogen and oxygen atoms in total. The van der Waals surface area contributed by atoms with E-state index in [0.717, 1.165) is 13.0 Å². The fourth-order valence-electron chi connectivity index (χ4n) is 1.50. The van der Waals surface area contributed by atoms with Crippen molar-refractivity contribution in [1.82, 2.24) is 16.0 Å². The van der Waals surface area contributed by atoms with E-state index < -0.39 is 6.10 Å². The molecule has 1 atom stereocenters. The zero-order valence-electron chi connectivity index (χ0n) is 10.3. The van der Waals surface area contributed by atoms with Crippen LogP contribution in [0.4, 0.5) is 0 Å². The van der Waals surface area contributed by atoms with Gasteiger partial charge in [0.2, 0.25) is 11.8 Å². The molecule has 0 spiro atoms. The molecule has 0 radical (unpaired) electrons. The maximum absolute atomic E-state index is 11.6. The van der Waals surface area contributed by atoms with E-state index >= 15 is 0 Å². The quantitative estimate of drug-likeness (QED) is 0.559. The van der Waals surface area contributed by atoms with Crippen LogP contribution in [0.1, 0.15) is 19.8 Å². The zero-order chi connectivity index (χ0) is 12.5. The number of nitrogens with one attached hydrogen (secondary N) is 3. The summed E-state index contributed by atoms with van der Waals surface area (Å²) in [5.74, 6) is -0.185. The van der Waals surface area contributed by atoms with Crippen LogP contribution in [-0.4, -0.2) is 50.7 Å². The van der Waals surface area contributed by atoms with Gasteiger partial charge in [0.1, 0.15) is 6.10 Å². The molecule has 0 bridgehead atoms. The van der Waals surface area contributed by atoms with Crippen LogP contribution in [0.5, 0.6) is 0 Å². The van der Waals surface area contributed by atoms with E-state index in [1.165, 1.54) is 0 Å². The van der Waals surface area contributed by atoms with Crippen LogP contribution in [0.3, 0.4) is 0 Å². The summed E-state index contributed by atoms with van der Waals surface area (Å²) in [7, 11) is 0. The molecule has 2 amide bonds. The molecular weight excluding hydrogens is 222 g/mol. The lowest BCUT2D eigenvalue weighted by molar-refractivity contribution is -0.134. The van der Waals surface area contributed by atoms with Gasteiger partial charge in [-0.1, -0.05) is 6.92 Å². The Labute approximate surface area is 101 Å². The lowest BCUT2D eigenvalue weighted by Gasteiger charge is -2.22. The summed E-state index contributed by atoms with van der Waals surface area (Å²) in [4.78, 5) is 22.8. The molecule has 1 saturated heterocycles. The van der Waals surface area contributed by atoms with Crippen molar-refractivity contribution in [3.8, 4) is 0 Å². The van der Waals surface area contributed by atoms with E-state index in [0.29, 0.717) is 32.7 Å². The van der Waals surface area contributed by atoms with Gasteiger partial charge in [-0.25, -0.2) is 0 Å². The molecular formula is C11H21N3O3. The Kier molecular flexibility index (Phi) is 6.57. The molecule has 1 aliphatic rings. The fraction of sp³-hybridized carbons (Fsp3) is 0.818. The molecule has 3 N–H and O–H groups in total. The highest BCUT2D eigenvalue weighted by atomic mass is 16.5. The Morgan fingerprint density at radius 1 is 1.35 bits per heavy atom. The van der Waals surface area contributed by atoms with E-state index in [-0.39, 0.29) is 11.8 Å². The van der Waals surface area contributed by atoms with Crippen molar-refractivity contribution >= 4 is 11.8 Å². The van der Waals surface area contributed by atoms with Crippen LogP contribution < -0.4 is 16.0 Å². The largest absolute Gasteiger partial charge is 0.366 e. The Hall–Kier alpha value is -1.14. The summed E-state index contributed by atoms with van der Waals surface area (Å²) < 4.78 is 5.29. The summed E-state index contributed by atoms with van der Waals surface area (Å²) in [6.45, 7) is 4.90. The van der Waals surface area contributed by atoms with Crippen LogP contribution in [0.25, 0.3) is 0 Å². The SMILES string of the molecule is CCCNC(=O)CCNC(=O)C1CNCCO1. The van der Waals surface area contributed by atoms with Gasteiger partial charge in [-0.2, -0.15) is 0 Å². The Balaban J connectivity index is 2.08. The summed E-state index contributed by atoms with van der Waals surface area (Å²) in [5.41, 5.74) is 0. The average Bonchev–Trinajstić information content (AvgIpc) is 2.37. The van der Waals surface area contributed by atoms with Crippen LogP contribution in [0.15, 0.2) is 0 Å². The first-order valence-electron chi connectivity index (χ1n) is 6.10. The van der Waals surface area contributed by atoms with E-state index in [4.69, 9.17) is 4.74 Å². The molecule has 0 saturated carbocycles. The summed E-state index contributed by atoms with van der Waals surface area (Å²) in [5, 5.41) is 8.52. The van der Waals surface area contributed by atoms with Gasteiger partial charge < -0.3 is 20.7 Å². The van der Waals surface area contributed by atoms with E-state index in [1.807, 2.05) is 6.92 Å². The van der Waals surface area contributed by atoms with Gasteiger partial charge in [-0.15, -0.1) is 0 Å². The monoisotopic (exact) mass is 243 g/mol. The predicted octanol–water partition coefficient (Wildman–Crippen LogP) is -0.993. The topological polar surface area (TPSA) is 79.5 Å². The average molecular weight is 243 g/mol. The molecule has 98 valence electrons. The highest BCUT2D eigenvalue weighted by Gasteiger charge is 2.21. The van der Waals surface area contributed by atoms with Crippen LogP contribution in [-0.2, 0) is 14.3 Å². The second kappa shape index (κ2) is 8.03. The molecule has 0 aromatic carbocycles. The Morgan fingerprint density at radius 2 is 2.18 bits per heavy atom. The maximum Gasteiger partial charge on any atom is 0.250 e. The fourth-order valence-corrected chi connectivity index (χ4v) is 1.50. The lowest BCUT2D eigenvalue weighted by atomic mass is 10.3. The highest BCUT2D eigenvalue weighted by molar-refractivity contribution is 5.82. The van der Waals surface area contributed by atoms with Crippen molar-refractivity contribution in [2.45, 2.75) is 25.9 Å². The Morgan fingerprint density at radius 3 is 2.82 bits per heavy atom. The Bertz CT molecular complexity index is 252. The van der Waals surface area contributed by atoms with Crippen molar-refractivity contribution < 1.29 is 14.3 Å². The van der Waals surface area contributed by atoms with Crippen molar-refractivity contribution in [3.63, 3.8) is 0 Å². The summed E-state index contributed by atoms with van der Waals surface area (Å²) >= 11 is 0. The van der Waals surface area contributed by atoms with Crippen molar-refractivity contribution in [1.29, 1.82) is 0 Å². The van der Waals surface area contributed by atoms with Crippen molar-refractivity contribution in [2.75, 3.05) is 32.8 Å². The minimum Gasteiger partial charge on any atom is -0.366 e. The first-order chi connectivity index (χ1) is 8.24. The number of hydrogen-bond donors (Lipinski definition) is 3. The standard InChI is InChI=1S/C11H21N3O3/c1-2-4-13-10(15)3-5-14-11(16)9-8-12-6-7-17-9/h9,12H,2-8H2,1H3,(H,13,15)(H,14,16). The van der Waals surface area contributed by atoms with Gasteiger partial charge in [0.05, 0.1) is 6.61 Å². The number of carbonyl (C=O) groups excluding carboxylic acids is 2. The summed E-state index contributed by atoms with van der Waals surface area (Å²) in [6.07, 6.45) is 0.799. The van der Waals surface area contributed by atoms with E-state index in [9.17, 15) is 9.59 Å². The lowest BCUT2D eigenvalue weighted by Crippen LogP contribution is -2.48. The van der Waals surface area contributed by atoms with Gasteiger partial charge in [0, 0.05) is 32.6 Å². The number of rotatable bonds is 6. The molecule has 6 heteroatoms.